The Morgan fingerprint density at radius 2 is 1.80 bits per heavy atom. The Labute approximate surface area is 94.0 Å². The molecule has 0 aliphatic rings. The van der Waals surface area contributed by atoms with Crippen LogP contribution in [0.25, 0.3) is 0 Å². The second-order valence-electron chi connectivity index (χ2n) is 3.88. The molecule has 0 saturated carbocycles. The van der Waals surface area contributed by atoms with Gasteiger partial charge in [-0.05, 0) is 36.4 Å². The van der Waals surface area contributed by atoms with Crippen LogP contribution in [0.5, 0.6) is 0 Å². The van der Waals surface area contributed by atoms with Gasteiger partial charge >= 0.3 is 0 Å². The maximum Gasteiger partial charge on any atom is 0.113 e. The number of aryl methyl sites for hydroxylation is 1. The summed E-state index contributed by atoms with van der Waals surface area (Å²) >= 11 is 1.67. The van der Waals surface area contributed by atoms with Crippen LogP contribution in [-0.4, -0.2) is 5.11 Å². The molecule has 1 nitrogen and oxygen atoms in total. The largest absolute Gasteiger partial charge is 0.381 e. The molecular formula is C13H14OS. The number of hydrogen-bond acceptors (Lipinski definition) is 2. The summed E-state index contributed by atoms with van der Waals surface area (Å²) in [5.41, 5.74) is 1.02. The van der Waals surface area contributed by atoms with Gasteiger partial charge in [0.2, 0.25) is 0 Å². The first-order valence-corrected chi connectivity index (χ1v) is 5.82. The van der Waals surface area contributed by atoms with E-state index in [1.54, 1.807) is 11.3 Å². The first-order valence-electron chi connectivity index (χ1n) is 4.94. The molecule has 1 N–H and O–H groups in total. The Morgan fingerprint density at radius 1 is 1.13 bits per heavy atom. The van der Waals surface area contributed by atoms with Gasteiger partial charge in [-0.15, -0.1) is 11.3 Å². The molecule has 2 aromatic rings. The molecule has 2 rings (SSSR count). The van der Waals surface area contributed by atoms with Crippen LogP contribution < -0.4 is 0 Å². The van der Waals surface area contributed by atoms with E-state index in [0.29, 0.717) is 0 Å². The molecule has 1 aromatic heterocycles. The molecule has 1 aromatic carbocycles. The van der Waals surface area contributed by atoms with E-state index in [9.17, 15) is 5.11 Å². The minimum atomic E-state index is -0.883. The summed E-state index contributed by atoms with van der Waals surface area (Å²) in [5, 5.41) is 12.5. The van der Waals surface area contributed by atoms with Crippen LogP contribution in [0.3, 0.4) is 0 Å². The monoisotopic (exact) mass is 218 g/mol. The van der Waals surface area contributed by atoms with Crippen LogP contribution in [0.1, 0.15) is 22.9 Å². The van der Waals surface area contributed by atoms with Crippen molar-refractivity contribution in [2.45, 2.75) is 19.4 Å². The van der Waals surface area contributed by atoms with Crippen molar-refractivity contribution in [1.82, 2.24) is 0 Å². The second kappa shape index (κ2) is 3.80. The second-order valence-corrected chi connectivity index (χ2v) is 5.00. The smallest absolute Gasteiger partial charge is 0.113 e. The Morgan fingerprint density at radius 3 is 2.33 bits per heavy atom. The lowest BCUT2D eigenvalue weighted by atomic mass is 9.90. The fraction of sp³-hybridized carbons (Fsp3) is 0.231. The maximum atomic E-state index is 10.5. The van der Waals surface area contributed by atoms with Gasteiger partial charge in [-0.2, -0.15) is 0 Å². The number of hydrogen-bond donors (Lipinski definition) is 1. The fourth-order valence-electron chi connectivity index (χ4n) is 1.63. The van der Waals surface area contributed by atoms with Crippen molar-refractivity contribution < 1.29 is 5.11 Å². The zero-order chi connectivity index (χ0) is 10.9. The highest BCUT2D eigenvalue weighted by Crippen LogP contribution is 2.31. The average Bonchev–Trinajstić information content (AvgIpc) is 2.67. The van der Waals surface area contributed by atoms with Crippen LogP contribution in [-0.2, 0) is 5.60 Å². The van der Waals surface area contributed by atoms with Crippen LogP contribution in [0.2, 0.25) is 0 Å². The molecular weight excluding hydrogens is 204 g/mol. The third kappa shape index (κ3) is 1.96. The average molecular weight is 218 g/mol. The van der Waals surface area contributed by atoms with Crippen molar-refractivity contribution in [3.8, 4) is 0 Å². The summed E-state index contributed by atoms with van der Waals surface area (Å²) < 4.78 is 0. The molecule has 0 aliphatic heterocycles. The van der Waals surface area contributed by atoms with Crippen LogP contribution in [0.15, 0.2) is 41.8 Å². The van der Waals surface area contributed by atoms with E-state index in [4.69, 9.17) is 0 Å². The van der Waals surface area contributed by atoms with Gasteiger partial charge in [-0.25, -0.2) is 0 Å². The van der Waals surface area contributed by atoms with Crippen LogP contribution in [0, 0.1) is 6.92 Å². The first-order chi connectivity index (χ1) is 7.10. The predicted octanol–water partition coefficient (Wildman–Crippen LogP) is 3.31. The molecule has 0 aliphatic carbocycles. The van der Waals surface area contributed by atoms with Gasteiger partial charge < -0.3 is 5.11 Å². The minimum absolute atomic E-state index is 0.883. The molecule has 2 heteroatoms. The van der Waals surface area contributed by atoms with Gasteiger partial charge in [0.25, 0.3) is 0 Å². The van der Waals surface area contributed by atoms with E-state index in [2.05, 4.69) is 6.92 Å². The zero-order valence-electron chi connectivity index (χ0n) is 8.90. The Kier molecular flexibility index (Phi) is 2.63. The molecule has 0 spiro atoms. The van der Waals surface area contributed by atoms with Crippen LogP contribution in [0.4, 0.5) is 0 Å². The lowest BCUT2D eigenvalue weighted by Crippen LogP contribution is -2.21. The van der Waals surface area contributed by atoms with E-state index < -0.39 is 5.60 Å². The summed E-state index contributed by atoms with van der Waals surface area (Å²) in [7, 11) is 0. The lowest BCUT2D eigenvalue weighted by Gasteiger charge is -2.22. The quantitative estimate of drug-likeness (QED) is 0.820. The minimum Gasteiger partial charge on any atom is -0.381 e. The van der Waals surface area contributed by atoms with Crippen molar-refractivity contribution in [2.24, 2.45) is 0 Å². The predicted molar refractivity (Wildman–Crippen MR) is 64.2 cm³/mol. The summed E-state index contributed by atoms with van der Waals surface area (Å²) in [4.78, 5) is 1.22. The molecule has 0 saturated heterocycles. The molecule has 1 heterocycles. The highest BCUT2D eigenvalue weighted by molar-refractivity contribution is 7.10. The molecule has 1 atom stereocenters. The van der Waals surface area contributed by atoms with E-state index in [1.165, 1.54) is 4.88 Å². The number of thiophene rings is 1. The highest BCUT2D eigenvalue weighted by atomic mass is 32.1. The van der Waals surface area contributed by atoms with E-state index >= 15 is 0 Å². The van der Waals surface area contributed by atoms with Gasteiger partial charge in [0.15, 0.2) is 0 Å². The van der Waals surface area contributed by atoms with E-state index in [0.717, 1.165) is 11.1 Å². The van der Waals surface area contributed by atoms with Gasteiger partial charge in [-0.1, -0.05) is 30.3 Å². The normalized spacial score (nSPS) is 14.9. The summed E-state index contributed by atoms with van der Waals surface area (Å²) in [6.45, 7) is 3.89. The van der Waals surface area contributed by atoms with Crippen molar-refractivity contribution in [3.63, 3.8) is 0 Å². The maximum absolute atomic E-state index is 10.5. The molecule has 15 heavy (non-hydrogen) atoms. The lowest BCUT2D eigenvalue weighted by molar-refractivity contribution is 0.103. The van der Waals surface area contributed by atoms with Crippen molar-refractivity contribution in [3.05, 3.63) is 57.8 Å². The molecule has 0 fully saturated rings. The van der Waals surface area contributed by atoms with E-state index in [-0.39, 0.29) is 0 Å². The molecule has 0 bridgehead atoms. The zero-order valence-corrected chi connectivity index (χ0v) is 9.71. The van der Waals surface area contributed by atoms with Gasteiger partial charge in [0, 0.05) is 4.88 Å². The Balaban J connectivity index is 2.43. The summed E-state index contributed by atoms with van der Waals surface area (Å²) in [6, 6.07) is 11.8. The fourth-order valence-corrected chi connectivity index (χ4v) is 2.43. The Bertz CT molecular complexity index is 443. The number of benzene rings is 1. The van der Waals surface area contributed by atoms with Crippen molar-refractivity contribution in [2.75, 3.05) is 0 Å². The SMILES string of the molecule is Cc1cc(C(C)(O)c2ccccc2)cs1. The summed E-state index contributed by atoms with van der Waals surface area (Å²) in [6.07, 6.45) is 0. The number of aliphatic hydroxyl groups is 1. The summed E-state index contributed by atoms with van der Waals surface area (Å²) in [5.74, 6) is 0. The molecule has 0 amide bonds. The van der Waals surface area contributed by atoms with Gasteiger partial charge in [0.1, 0.15) is 5.60 Å². The van der Waals surface area contributed by atoms with Crippen molar-refractivity contribution >= 4 is 11.3 Å². The van der Waals surface area contributed by atoms with Crippen molar-refractivity contribution in [1.29, 1.82) is 0 Å². The third-order valence-electron chi connectivity index (χ3n) is 2.63. The molecule has 1 unspecified atom stereocenters. The van der Waals surface area contributed by atoms with E-state index in [1.807, 2.05) is 48.7 Å². The topological polar surface area (TPSA) is 20.2 Å². The number of rotatable bonds is 2. The Hall–Kier alpha value is -1.12. The third-order valence-corrected chi connectivity index (χ3v) is 3.49. The van der Waals surface area contributed by atoms with Gasteiger partial charge in [-0.3, -0.25) is 0 Å². The van der Waals surface area contributed by atoms with Crippen LogP contribution >= 0.6 is 11.3 Å². The van der Waals surface area contributed by atoms with Gasteiger partial charge in [0.05, 0.1) is 0 Å². The molecule has 0 radical (unpaired) electrons. The molecule has 78 valence electrons. The first kappa shape index (κ1) is 10.4. The highest BCUT2D eigenvalue weighted by Gasteiger charge is 2.25. The standard InChI is InChI=1S/C13H14OS/c1-10-8-12(9-15-10)13(2,14)11-6-4-3-5-7-11/h3-9,14H,1-2H3.